The maximum absolute atomic E-state index is 13.0. The molecule has 0 radical (unpaired) electrons. The Morgan fingerprint density at radius 2 is 2.04 bits per heavy atom. The van der Waals surface area contributed by atoms with E-state index >= 15 is 0 Å². The van der Waals surface area contributed by atoms with Gasteiger partial charge in [0.15, 0.2) is 0 Å². The summed E-state index contributed by atoms with van der Waals surface area (Å²) in [5.74, 6) is 0.0438. The number of rotatable bonds is 8. The van der Waals surface area contributed by atoms with Crippen molar-refractivity contribution in [3.63, 3.8) is 0 Å². The molecule has 2 aromatic rings. The van der Waals surface area contributed by atoms with Crippen LogP contribution >= 0.6 is 11.3 Å². The standard InChI is InChI=1S/C20H25N3OS/c1-4-22(14-18-9-6-13-25-18)15-20(24)23(12-7-11-21)19-10-5-8-16(2)17(19)3/h5-6,8-10,13H,4,7,12,14-15H2,1-3H3. The van der Waals surface area contributed by atoms with E-state index in [4.69, 9.17) is 5.26 Å². The summed E-state index contributed by atoms with van der Waals surface area (Å²) in [5.41, 5.74) is 3.15. The summed E-state index contributed by atoms with van der Waals surface area (Å²) in [5, 5.41) is 11.0. The SMILES string of the molecule is CCN(CC(=O)N(CCC#N)c1cccc(C)c1C)Cc1cccs1. The number of thiophene rings is 1. The van der Waals surface area contributed by atoms with Crippen molar-refractivity contribution in [1.29, 1.82) is 5.26 Å². The van der Waals surface area contributed by atoms with E-state index in [0.717, 1.165) is 29.9 Å². The van der Waals surface area contributed by atoms with Gasteiger partial charge in [0.2, 0.25) is 5.91 Å². The number of aryl methyl sites for hydroxylation is 1. The zero-order valence-corrected chi connectivity index (χ0v) is 16.0. The summed E-state index contributed by atoms with van der Waals surface area (Å²) in [6, 6.07) is 12.3. The molecule has 132 valence electrons. The minimum Gasteiger partial charge on any atom is -0.310 e. The van der Waals surface area contributed by atoms with Crippen LogP contribution in [0.5, 0.6) is 0 Å². The lowest BCUT2D eigenvalue weighted by atomic mass is 10.1. The Morgan fingerprint density at radius 3 is 2.68 bits per heavy atom. The van der Waals surface area contributed by atoms with Gasteiger partial charge in [-0.1, -0.05) is 25.1 Å². The van der Waals surface area contributed by atoms with Crippen LogP contribution in [0.4, 0.5) is 5.69 Å². The molecule has 25 heavy (non-hydrogen) atoms. The van der Waals surface area contributed by atoms with Crippen LogP contribution in [0.15, 0.2) is 35.7 Å². The third kappa shape index (κ3) is 5.15. The summed E-state index contributed by atoms with van der Waals surface area (Å²) >= 11 is 1.71. The van der Waals surface area contributed by atoms with Gasteiger partial charge in [-0.15, -0.1) is 11.3 Å². The van der Waals surface area contributed by atoms with E-state index in [-0.39, 0.29) is 5.91 Å². The Morgan fingerprint density at radius 1 is 1.24 bits per heavy atom. The molecule has 1 aromatic carbocycles. The average Bonchev–Trinajstić information content (AvgIpc) is 3.11. The molecule has 0 aliphatic carbocycles. The number of hydrogen-bond acceptors (Lipinski definition) is 4. The maximum Gasteiger partial charge on any atom is 0.241 e. The Kier molecular flexibility index (Phi) is 7.17. The van der Waals surface area contributed by atoms with E-state index in [0.29, 0.717) is 19.5 Å². The van der Waals surface area contributed by atoms with Crippen LogP contribution in [-0.2, 0) is 11.3 Å². The Labute approximate surface area is 154 Å². The third-order valence-electron chi connectivity index (χ3n) is 4.38. The van der Waals surface area contributed by atoms with Crippen molar-refractivity contribution in [2.75, 3.05) is 24.5 Å². The predicted octanol–water partition coefficient (Wildman–Crippen LogP) is 4.13. The molecule has 5 heteroatoms. The van der Waals surface area contributed by atoms with Gasteiger partial charge in [-0.05, 0) is 49.0 Å². The van der Waals surface area contributed by atoms with E-state index in [9.17, 15) is 4.79 Å². The summed E-state index contributed by atoms with van der Waals surface area (Å²) in [6.07, 6.45) is 0.330. The lowest BCUT2D eigenvalue weighted by Gasteiger charge is -2.28. The fourth-order valence-corrected chi connectivity index (χ4v) is 3.49. The molecule has 1 heterocycles. The zero-order valence-electron chi connectivity index (χ0n) is 15.2. The van der Waals surface area contributed by atoms with Crippen molar-refractivity contribution in [3.05, 3.63) is 51.7 Å². The van der Waals surface area contributed by atoms with Gasteiger partial charge in [-0.25, -0.2) is 0 Å². The molecule has 0 aliphatic heterocycles. The number of nitrogens with zero attached hydrogens (tertiary/aromatic N) is 3. The number of carbonyl (C=O) groups is 1. The lowest BCUT2D eigenvalue weighted by Crippen LogP contribution is -2.41. The van der Waals surface area contributed by atoms with Gasteiger partial charge < -0.3 is 4.90 Å². The van der Waals surface area contributed by atoms with Gasteiger partial charge in [0, 0.05) is 23.7 Å². The molecule has 0 unspecified atom stereocenters. The number of amides is 1. The first-order valence-corrected chi connectivity index (χ1v) is 9.43. The average molecular weight is 356 g/mol. The highest BCUT2D eigenvalue weighted by Gasteiger charge is 2.20. The first-order valence-electron chi connectivity index (χ1n) is 8.55. The molecule has 0 fully saturated rings. The molecule has 1 amide bonds. The van der Waals surface area contributed by atoms with Gasteiger partial charge in [0.25, 0.3) is 0 Å². The molecular weight excluding hydrogens is 330 g/mol. The molecule has 0 saturated carbocycles. The molecule has 1 aromatic heterocycles. The van der Waals surface area contributed by atoms with Crippen LogP contribution in [0.2, 0.25) is 0 Å². The highest BCUT2D eigenvalue weighted by atomic mass is 32.1. The number of anilines is 1. The molecule has 2 rings (SSSR count). The first kappa shape index (κ1) is 19.2. The Balaban J connectivity index is 2.17. The molecule has 0 spiro atoms. The van der Waals surface area contributed by atoms with Gasteiger partial charge in [0.1, 0.15) is 0 Å². The molecule has 0 N–H and O–H groups in total. The van der Waals surface area contributed by atoms with Crippen molar-refractivity contribution in [2.45, 2.75) is 33.7 Å². The fourth-order valence-electron chi connectivity index (χ4n) is 2.75. The van der Waals surface area contributed by atoms with E-state index in [1.54, 1.807) is 16.2 Å². The van der Waals surface area contributed by atoms with Crippen LogP contribution in [-0.4, -0.2) is 30.4 Å². The Hall–Kier alpha value is -2.16. The van der Waals surface area contributed by atoms with Crippen molar-refractivity contribution in [1.82, 2.24) is 4.90 Å². The lowest BCUT2D eigenvalue weighted by molar-refractivity contribution is -0.119. The van der Waals surface area contributed by atoms with Crippen LogP contribution in [0.25, 0.3) is 0 Å². The van der Waals surface area contributed by atoms with Crippen LogP contribution in [0.1, 0.15) is 29.3 Å². The van der Waals surface area contributed by atoms with E-state index < -0.39 is 0 Å². The number of nitriles is 1. The molecule has 4 nitrogen and oxygen atoms in total. The van der Waals surface area contributed by atoms with Crippen molar-refractivity contribution >= 4 is 22.9 Å². The number of benzene rings is 1. The van der Waals surface area contributed by atoms with E-state index in [1.807, 2.05) is 38.1 Å². The predicted molar refractivity (Wildman–Crippen MR) is 104 cm³/mol. The minimum absolute atomic E-state index is 0.0438. The summed E-state index contributed by atoms with van der Waals surface area (Å²) in [4.78, 5) is 18.1. The topological polar surface area (TPSA) is 47.3 Å². The quantitative estimate of drug-likeness (QED) is 0.715. The monoisotopic (exact) mass is 355 g/mol. The first-order chi connectivity index (χ1) is 12.1. The van der Waals surface area contributed by atoms with E-state index in [1.165, 1.54) is 4.88 Å². The molecular formula is C20H25N3OS. The molecule has 0 bridgehead atoms. The highest BCUT2D eigenvalue weighted by Crippen LogP contribution is 2.23. The fraction of sp³-hybridized carbons (Fsp3) is 0.400. The summed E-state index contributed by atoms with van der Waals surface area (Å²) in [6.45, 7) is 8.50. The number of carbonyl (C=O) groups excluding carboxylic acids is 1. The molecule has 0 saturated heterocycles. The smallest absolute Gasteiger partial charge is 0.241 e. The van der Waals surface area contributed by atoms with Crippen molar-refractivity contribution in [2.24, 2.45) is 0 Å². The second-order valence-corrected chi connectivity index (χ2v) is 7.09. The summed E-state index contributed by atoms with van der Waals surface area (Å²) < 4.78 is 0. The largest absolute Gasteiger partial charge is 0.310 e. The van der Waals surface area contributed by atoms with Gasteiger partial charge >= 0.3 is 0 Å². The second kappa shape index (κ2) is 9.36. The maximum atomic E-state index is 13.0. The zero-order chi connectivity index (χ0) is 18.2. The summed E-state index contributed by atoms with van der Waals surface area (Å²) in [7, 11) is 0. The van der Waals surface area contributed by atoms with Crippen molar-refractivity contribution in [3.8, 4) is 6.07 Å². The van der Waals surface area contributed by atoms with Crippen LogP contribution in [0, 0.1) is 25.2 Å². The molecule has 0 aliphatic rings. The number of hydrogen-bond donors (Lipinski definition) is 0. The number of likely N-dealkylation sites (N-methyl/N-ethyl adjacent to an activating group) is 1. The van der Waals surface area contributed by atoms with E-state index in [2.05, 4.69) is 29.3 Å². The van der Waals surface area contributed by atoms with Crippen LogP contribution < -0.4 is 4.90 Å². The van der Waals surface area contributed by atoms with Gasteiger partial charge in [-0.3, -0.25) is 9.69 Å². The highest BCUT2D eigenvalue weighted by molar-refractivity contribution is 7.09. The van der Waals surface area contributed by atoms with Gasteiger partial charge in [0.05, 0.1) is 19.0 Å². The van der Waals surface area contributed by atoms with Crippen molar-refractivity contribution < 1.29 is 4.79 Å². The minimum atomic E-state index is 0.0438. The van der Waals surface area contributed by atoms with Crippen LogP contribution in [0.3, 0.4) is 0 Å². The molecule has 0 atom stereocenters. The van der Waals surface area contributed by atoms with Gasteiger partial charge in [-0.2, -0.15) is 5.26 Å². The Bertz CT molecular complexity index is 734. The normalized spacial score (nSPS) is 10.7. The third-order valence-corrected chi connectivity index (χ3v) is 5.24. The second-order valence-electron chi connectivity index (χ2n) is 6.06.